The molecule has 4 rings (SSSR count). The molecule has 3 aromatic carbocycles. The summed E-state index contributed by atoms with van der Waals surface area (Å²) in [5.41, 5.74) is 10.5. The van der Waals surface area contributed by atoms with E-state index in [4.69, 9.17) is 17.6 Å². The molecule has 0 fully saturated rings. The van der Waals surface area contributed by atoms with E-state index in [9.17, 15) is 0 Å². The minimum absolute atomic E-state index is 0.556. The molecule has 4 heteroatoms. The SMILES string of the molecule is Cc1cc(C)c(-n2cc[n+](-c3c(C)cc(C)cc3C)c2C([S-])=Nc2ccccc2)c(C)c1. The number of benzene rings is 3. The van der Waals surface area contributed by atoms with Crippen LogP contribution in [0.4, 0.5) is 5.69 Å². The molecule has 0 aliphatic heterocycles. The van der Waals surface area contributed by atoms with Gasteiger partial charge in [-0.05, 0) is 75.9 Å². The van der Waals surface area contributed by atoms with Crippen LogP contribution in [0.15, 0.2) is 72.0 Å². The zero-order valence-corrected chi connectivity index (χ0v) is 20.4. The maximum atomic E-state index is 5.95. The van der Waals surface area contributed by atoms with Crippen molar-refractivity contribution in [2.45, 2.75) is 41.5 Å². The standard InChI is InChI=1S/C28H29N3S/c1-18-14-20(3)25(21(4)15-18)30-12-13-31(26-22(5)16-19(2)17-23(26)6)28(30)27(32)29-24-10-8-7-9-11-24/h7-17H,1-6H3. The molecule has 0 atom stereocenters. The van der Waals surface area contributed by atoms with Crippen LogP contribution in [0.5, 0.6) is 0 Å². The topological polar surface area (TPSA) is 21.2 Å². The summed E-state index contributed by atoms with van der Waals surface area (Å²) in [5, 5.41) is 0.556. The summed E-state index contributed by atoms with van der Waals surface area (Å²) in [5.74, 6) is 0.883. The lowest BCUT2D eigenvalue weighted by Gasteiger charge is -2.16. The van der Waals surface area contributed by atoms with Crippen LogP contribution in [-0.2, 0) is 12.6 Å². The Morgan fingerprint density at radius 1 is 0.781 bits per heavy atom. The second kappa shape index (κ2) is 8.71. The quantitative estimate of drug-likeness (QED) is 0.160. The lowest BCUT2D eigenvalue weighted by Crippen LogP contribution is -2.38. The van der Waals surface area contributed by atoms with Crippen LogP contribution < -0.4 is 4.57 Å². The van der Waals surface area contributed by atoms with Crippen molar-refractivity contribution in [2.75, 3.05) is 0 Å². The highest BCUT2D eigenvalue weighted by molar-refractivity contribution is 7.78. The number of hydrogen-bond donors (Lipinski definition) is 0. The Balaban J connectivity index is 2.03. The zero-order chi connectivity index (χ0) is 23.0. The Kier molecular flexibility index (Phi) is 5.98. The average Bonchev–Trinajstić information content (AvgIpc) is 3.11. The van der Waals surface area contributed by atoms with Gasteiger partial charge in [0.1, 0.15) is 23.8 Å². The van der Waals surface area contributed by atoms with Gasteiger partial charge in [-0.2, -0.15) is 9.13 Å². The predicted molar refractivity (Wildman–Crippen MR) is 136 cm³/mol. The van der Waals surface area contributed by atoms with E-state index in [0.717, 1.165) is 22.9 Å². The number of rotatable bonds is 4. The maximum absolute atomic E-state index is 5.95. The van der Waals surface area contributed by atoms with E-state index >= 15 is 0 Å². The second-order valence-electron chi connectivity index (χ2n) is 8.61. The minimum Gasteiger partial charge on any atom is -0.752 e. The van der Waals surface area contributed by atoms with Gasteiger partial charge < -0.3 is 12.6 Å². The molecule has 0 aliphatic carbocycles. The molecular weight excluding hydrogens is 410 g/mol. The fourth-order valence-corrected chi connectivity index (χ4v) is 5.03. The number of aromatic nitrogens is 2. The van der Waals surface area contributed by atoms with Crippen molar-refractivity contribution in [3.05, 3.63) is 106 Å². The number of nitrogens with zero attached hydrogens (tertiary/aromatic N) is 3. The van der Waals surface area contributed by atoms with E-state index in [2.05, 4.69) is 87.3 Å². The maximum Gasteiger partial charge on any atom is 0.290 e. The van der Waals surface area contributed by atoms with E-state index in [0.29, 0.717) is 5.04 Å². The summed E-state index contributed by atoms with van der Waals surface area (Å²) < 4.78 is 4.38. The van der Waals surface area contributed by atoms with E-state index < -0.39 is 0 Å². The van der Waals surface area contributed by atoms with Crippen LogP contribution in [0.25, 0.3) is 11.4 Å². The van der Waals surface area contributed by atoms with Gasteiger partial charge in [0.05, 0.1) is 5.69 Å². The van der Waals surface area contributed by atoms with Crippen molar-refractivity contribution in [1.82, 2.24) is 4.57 Å². The summed E-state index contributed by atoms with van der Waals surface area (Å²) in [6.45, 7) is 12.9. The second-order valence-corrected chi connectivity index (χ2v) is 9.00. The molecule has 0 amide bonds. The van der Waals surface area contributed by atoms with Gasteiger partial charge in [0, 0.05) is 5.04 Å². The minimum atomic E-state index is 0.556. The molecule has 0 saturated heterocycles. The van der Waals surface area contributed by atoms with Crippen LogP contribution in [0.3, 0.4) is 0 Å². The first-order valence-electron chi connectivity index (χ1n) is 10.9. The molecule has 4 aromatic rings. The summed E-state index contributed by atoms with van der Waals surface area (Å²) in [6, 6.07) is 18.8. The lowest BCUT2D eigenvalue weighted by molar-refractivity contribution is -0.596. The monoisotopic (exact) mass is 439 g/mol. The summed E-state index contributed by atoms with van der Waals surface area (Å²) in [4.78, 5) is 4.82. The van der Waals surface area contributed by atoms with Gasteiger partial charge >= 0.3 is 0 Å². The Morgan fingerprint density at radius 2 is 1.31 bits per heavy atom. The summed E-state index contributed by atoms with van der Waals surface area (Å²) >= 11 is 5.95. The predicted octanol–water partition coefficient (Wildman–Crippen LogP) is 6.23. The largest absolute Gasteiger partial charge is 0.752 e. The van der Waals surface area contributed by atoms with Gasteiger partial charge in [-0.1, -0.05) is 53.6 Å². The number of aryl methyl sites for hydroxylation is 6. The molecule has 0 spiro atoms. The molecule has 0 unspecified atom stereocenters. The molecule has 0 saturated carbocycles. The van der Waals surface area contributed by atoms with Crippen molar-refractivity contribution in [1.29, 1.82) is 0 Å². The Bertz CT molecular complexity index is 1210. The van der Waals surface area contributed by atoms with Crippen LogP contribution in [-0.4, -0.2) is 9.61 Å². The molecule has 0 bridgehead atoms. The molecule has 32 heavy (non-hydrogen) atoms. The van der Waals surface area contributed by atoms with Gasteiger partial charge in [-0.3, -0.25) is 4.99 Å². The third-order valence-corrected chi connectivity index (χ3v) is 6.03. The van der Waals surface area contributed by atoms with E-state index in [1.54, 1.807) is 0 Å². The van der Waals surface area contributed by atoms with Gasteiger partial charge in [0.2, 0.25) is 0 Å². The summed E-state index contributed by atoms with van der Waals surface area (Å²) in [6.07, 6.45) is 4.21. The van der Waals surface area contributed by atoms with Gasteiger partial charge in [0.25, 0.3) is 5.82 Å². The highest BCUT2D eigenvalue weighted by atomic mass is 32.1. The van der Waals surface area contributed by atoms with Crippen LogP contribution >= 0.6 is 0 Å². The van der Waals surface area contributed by atoms with Crippen molar-refractivity contribution >= 4 is 23.4 Å². The van der Waals surface area contributed by atoms with Crippen LogP contribution in [0.2, 0.25) is 0 Å². The Morgan fingerprint density at radius 3 is 1.88 bits per heavy atom. The van der Waals surface area contributed by atoms with Crippen molar-refractivity contribution in [3.8, 4) is 11.4 Å². The third kappa shape index (κ3) is 4.11. The van der Waals surface area contributed by atoms with Crippen LogP contribution in [0.1, 0.15) is 39.2 Å². The number of hydrogen-bond acceptors (Lipinski definition) is 2. The zero-order valence-electron chi connectivity index (χ0n) is 19.6. The van der Waals surface area contributed by atoms with Crippen molar-refractivity contribution in [3.63, 3.8) is 0 Å². The first-order valence-corrected chi connectivity index (χ1v) is 11.3. The number of para-hydroxylation sites is 1. The third-order valence-electron chi connectivity index (χ3n) is 5.75. The normalized spacial score (nSPS) is 11.8. The molecule has 162 valence electrons. The first-order chi connectivity index (χ1) is 15.3. The van der Waals surface area contributed by atoms with E-state index in [-0.39, 0.29) is 0 Å². The molecule has 0 radical (unpaired) electrons. The van der Waals surface area contributed by atoms with Gasteiger partial charge in [-0.15, -0.1) is 0 Å². The summed E-state index contributed by atoms with van der Waals surface area (Å²) in [7, 11) is 0. The molecule has 0 N–H and O–H groups in total. The Labute approximate surface area is 196 Å². The molecule has 3 nitrogen and oxygen atoms in total. The molecule has 0 aliphatic rings. The van der Waals surface area contributed by atoms with Crippen LogP contribution in [0, 0.1) is 41.5 Å². The Hall–Kier alpha value is -3.24. The molecule has 1 aromatic heterocycles. The van der Waals surface area contributed by atoms with E-state index in [1.807, 2.05) is 30.3 Å². The number of imidazole rings is 1. The number of aliphatic imine (C=N–C) groups is 1. The first kappa shape index (κ1) is 22.0. The van der Waals surface area contributed by atoms with E-state index in [1.165, 1.54) is 33.4 Å². The highest BCUT2D eigenvalue weighted by Crippen LogP contribution is 2.25. The van der Waals surface area contributed by atoms with Gasteiger partial charge in [0.15, 0.2) is 0 Å². The fraction of sp³-hybridized carbons (Fsp3) is 0.214. The highest BCUT2D eigenvalue weighted by Gasteiger charge is 2.25. The van der Waals surface area contributed by atoms with Gasteiger partial charge in [-0.25, -0.2) is 0 Å². The average molecular weight is 440 g/mol. The molecule has 1 heterocycles. The lowest BCUT2D eigenvalue weighted by atomic mass is 10.0. The fourth-order valence-electron chi connectivity index (χ4n) is 4.73. The van der Waals surface area contributed by atoms with Crippen molar-refractivity contribution in [2.24, 2.45) is 4.99 Å². The smallest absolute Gasteiger partial charge is 0.290 e. The van der Waals surface area contributed by atoms with Crippen molar-refractivity contribution < 1.29 is 4.57 Å². The molecular formula is C28H29N3S.